The van der Waals surface area contributed by atoms with Gasteiger partial charge in [-0.05, 0) is 42.0 Å². The van der Waals surface area contributed by atoms with E-state index in [9.17, 15) is 4.79 Å². The molecule has 30 heavy (non-hydrogen) atoms. The van der Waals surface area contributed by atoms with Gasteiger partial charge in [0.25, 0.3) is 0 Å². The number of carbonyl (C=O) groups is 1. The van der Waals surface area contributed by atoms with Gasteiger partial charge in [-0.25, -0.2) is 4.68 Å². The molecule has 1 aromatic heterocycles. The van der Waals surface area contributed by atoms with Crippen molar-refractivity contribution in [1.29, 1.82) is 0 Å². The van der Waals surface area contributed by atoms with Crippen LogP contribution in [0.1, 0.15) is 16.8 Å². The fourth-order valence-corrected chi connectivity index (χ4v) is 4.44. The van der Waals surface area contributed by atoms with Gasteiger partial charge in [0.05, 0.1) is 39.1 Å². The highest BCUT2D eigenvalue weighted by molar-refractivity contribution is 7.98. The topological polar surface area (TPSA) is 74.6 Å². The lowest BCUT2D eigenvalue weighted by Gasteiger charge is -2.12. The first-order valence-electron chi connectivity index (χ1n) is 9.46. The highest BCUT2D eigenvalue weighted by atomic mass is 32.2. The largest absolute Gasteiger partial charge is 0.497 e. The van der Waals surface area contributed by atoms with Crippen LogP contribution in [0.15, 0.2) is 42.5 Å². The highest BCUT2D eigenvalue weighted by Crippen LogP contribution is 2.36. The average Bonchev–Trinajstić information content (AvgIpc) is 3.36. The molecule has 1 amide bonds. The van der Waals surface area contributed by atoms with Crippen LogP contribution in [0.25, 0.3) is 5.69 Å². The number of nitrogens with one attached hydrogen (secondary N) is 1. The monoisotopic (exact) mass is 425 g/mol. The summed E-state index contributed by atoms with van der Waals surface area (Å²) in [6.45, 7) is 0. The van der Waals surface area contributed by atoms with E-state index in [1.165, 1.54) is 0 Å². The number of aromatic nitrogens is 2. The number of fused-ring (bicyclic) bond motifs is 1. The molecule has 0 bridgehead atoms. The summed E-state index contributed by atoms with van der Waals surface area (Å²) in [5, 5.41) is 7.81. The Morgan fingerprint density at radius 2 is 1.80 bits per heavy atom. The zero-order valence-electron chi connectivity index (χ0n) is 17.1. The van der Waals surface area contributed by atoms with Gasteiger partial charge in [-0.15, -0.1) is 0 Å². The number of nitrogens with zero attached hydrogens (tertiary/aromatic N) is 2. The van der Waals surface area contributed by atoms with Crippen LogP contribution in [-0.2, 0) is 22.7 Å². The Morgan fingerprint density at radius 1 is 1.03 bits per heavy atom. The van der Waals surface area contributed by atoms with Crippen molar-refractivity contribution in [2.24, 2.45) is 0 Å². The second-order valence-corrected chi connectivity index (χ2v) is 7.78. The minimum Gasteiger partial charge on any atom is -0.497 e. The third kappa shape index (κ3) is 3.95. The standard InChI is InChI=1S/C22H23N3O4S/c1-27-16-7-5-15(6-8-16)25-22(17-12-30-13-18(17)24-25)23-21(26)11-14-4-9-19(28-2)20(10-14)29-3/h4-10H,11-13H2,1-3H3,(H,23,26). The molecule has 156 valence electrons. The van der Waals surface area contributed by atoms with E-state index in [4.69, 9.17) is 19.3 Å². The predicted molar refractivity (Wildman–Crippen MR) is 117 cm³/mol. The van der Waals surface area contributed by atoms with Crippen LogP contribution in [-0.4, -0.2) is 37.0 Å². The fourth-order valence-electron chi connectivity index (χ4n) is 3.40. The van der Waals surface area contributed by atoms with Gasteiger partial charge in [0.2, 0.25) is 5.91 Å². The fraction of sp³-hybridized carbons (Fsp3) is 0.273. The van der Waals surface area contributed by atoms with Gasteiger partial charge < -0.3 is 19.5 Å². The Balaban J connectivity index is 1.58. The Bertz CT molecular complexity index is 1060. The molecule has 0 unspecified atom stereocenters. The third-order valence-corrected chi connectivity index (χ3v) is 5.91. The summed E-state index contributed by atoms with van der Waals surface area (Å²) in [5.41, 5.74) is 3.80. The van der Waals surface area contributed by atoms with Gasteiger partial charge in [-0.3, -0.25) is 4.79 Å². The zero-order valence-corrected chi connectivity index (χ0v) is 17.9. The molecule has 1 aliphatic rings. The zero-order chi connectivity index (χ0) is 21.1. The molecule has 1 aliphatic heterocycles. The van der Waals surface area contributed by atoms with E-state index in [2.05, 4.69) is 5.32 Å². The normalized spacial score (nSPS) is 12.4. The minimum atomic E-state index is -0.114. The van der Waals surface area contributed by atoms with Gasteiger partial charge in [-0.1, -0.05) is 6.07 Å². The first-order chi connectivity index (χ1) is 14.6. The van der Waals surface area contributed by atoms with Crippen LogP contribution >= 0.6 is 11.8 Å². The Hall–Kier alpha value is -3.13. The summed E-state index contributed by atoms with van der Waals surface area (Å²) in [5.74, 6) is 4.29. The van der Waals surface area contributed by atoms with E-state index in [1.54, 1.807) is 43.8 Å². The van der Waals surface area contributed by atoms with Gasteiger partial charge in [-0.2, -0.15) is 16.9 Å². The van der Waals surface area contributed by atoms with Crippen LogP contribution in [0.3, 0.4) is 0 Å². The number of methoxy groups -OCH3 is 3. The molecule has 2 heterocycles. The van der Waals surface area contributed by atoms with E-state index in [0.29, 0.717) is 11.5 Å². The van der Waals surface area contributed by atoms with Crippen molar-refractivity contribution in [3.63, 3.8) is 0 Å². The van der Waals surface area contributed by atoms with E-state index in [0.717, 1.165) is 45.6 Å². The first kappa shape index (κ1) is 20.2. The number of hydrogen-bond donors (Lipinski definition) is 1. The molecule has 3 aromatic rings. The van der Waals surface area contributed by atoms with Crippen LogP contribution in [0.4, 0.5) is 5.82 Å². The molecule has 0 atom stereocenters. The Kier molecular flexibility index (Phi) is 5.85. The molecule has 0 radical (unpaired) electrons. The number of ether oxygens (including phenoxy) is 3. The smallest absolute Gasteiger partial charge is 0.229 e. The summed E-state index contributed by atoms with van der Waals surface area (Å²) in [6.07, 6.45) is 0.218. The number of anilines is 1. The predicted octanol–water partition coefficient (Wildman–Crippen LogP) is 3.83. The lowest BCUT2D eigenvalue weighted by atomic mass is 10.1. The van der Waals surface area contributed by atoms with Crippen molar-refractivity contribution in [2.75, 3.05) is 26.6 Å². The number of thioether (sulfide) groups is 1. The van der Waals surface area contributed by atoms with Gasteiger partial charge in [0.1, 0.15) is 11.6 Å². The maximum absolute atomic E-state index is 12.9. The maximum Gasteiger partial charge on any atom is 0.229 e. The van der Waals surface area contributed by atoms with Crippen molar-refractivity contribution < 1.29 is 19.0 Å². The molecular weight excluding hydrogens is 402 g/mol. The number of benzene rings is 2. The van der Waals surface area contributed by atoms with Crippen molar-refractivity contribution in [3.05, 3.63) is 59.3 Å². The highest BCUT2D eigenvalue weighted by Gasteiger charge is 2.25. The number of rotatable bonds is 7. The number of carbonyl (C=O) groups excluding carboxylic acids is 1. The van der Waals surface area contributed by atoms with Crippen molar-refractivity contribution in [2.45, 2.75) is 17.9 Å². The molecule has 0 saturated carbocycles. The molecule has 0 spiro atoms. The van der Waals surface area contributed by atoms with Crippen molar-refractivity contribution in [1.82, 2.24) is 9.78 Å². The van der Waals surface area contributed by atoms with E-state index in [1.807, 2.05) is 36.4 Å². The summed E-state index contributed by atoms with van der Waals surface area (Å²) < 4.78 is 17.6. The van der Waals surface area contributed by atoms with Crippen LogP contribution < -0.4 is 19.5 Å². The molecule has 8 heteroatoms. The lowest BCUT2D eigenvalue weighted by Crippen LogP contribution is -2.18. The van der Waals surface area contributed by atoms with E-state index < -0.39 is 0 Å². The van der Waals surface area contributed by atoms with E-state index >= 15 is 0 Å². The molecule has 1 N–H and O–H groups in total. The SMILES string of the molecule is COc1ccc(-n2nc3c(c2NC(=O)Cc2ccc(OC)c(OC)c2)CSC3)cc1. The number of amides is 1. The summed E-state index contributed by atoms with van der Waals surface area (Å²) in [4.78, 5) is 12.9. The second kappa shape index (κ2) is 8.71. The van der Waals surface area contributed by atoms with Gasteiger partial charge in [0, 0.05) is 17.1 Å². The lowest BCUT2D eigenvalue weighted by molar-refractivity contribution is -0.115. The Labute approximate surface area is 179 Å². The molecule has 0 fully saturated rings. The maximum atomic E-state index is 12.9. The van der Waals surface area contributed by atoms with Crippen LogP contribution in [0.2, 0.25) is 0 Å². The quantitative estimate of drug-likeness (QED) is 0.620. The first-order valence-corrected chi connectivity index (χ1v) is 10.6. The minimum absolute atomic E-state index is 0.114. The molecule has 7 nitrogen and oxygen atoms in total. The second-order valence-electron chi connectivity index (χ2n) is 6.79. The van der Waals surface area contributed by atoms with E-state index in [-0.39, 0.29) is 12.3 Å². The molecule has 0 aliphatic carbocycles. The molecule has 0 saturated heterocycles. The van der Waals surface area contributed by atoms with Crippen LogP contribution in [0.5, 0.6) is 17.2 Å². The van der Waals surface area contributed by atoms with Gasteiger partial charge >= 0.3 is 0 Å². The summed E-state index contributed by atoms with van der Waals surface area (Å²) in [6, 6.07) is 13.1. The van der Waals surface area contributed by atoms with Gasteiger partial charge in [0.15, 0.2) is 11.5 Å². The molecule has 4 rings (SSSR count). The number of hydrogen-bond acceptors (Lipinski definition) is 6. The van der Waals surface area contributed by atoms with Crippen LogP contribution in [0, 0.1) is 0 Å². The van der Waals surface area contributed by atoms with Crippen molar-refractivity contribution >= 4 is 23.5 Å². The molecule has 2 aromatic carbocycles. The Morgan fingerprint density at radius 3 is 2.50 bits per heavy atom. The molecular formula is C22H23N3O4S. The average molecular weight is 426 g/mol. The third-order valence-electron chi connectivity index (χ3n) is 4.94. The summed E-state index contributed by atoms with van der Waals surface area (Å²) in [7, 11) is 4.80. The van der Waals surface area contributed by atoms with Crippen molar-refractivity contribution in [3.8, 4) is 22.9 Å². The summed E-state index contributed by atoms with van der Waals surface area (Å²) >= 11 is 1.80.